The topological polar surface area (TPSA) is 48.1 Å². The monoisotopic (exact) mass is 150 g/mol. The fraction of sp³-hybridized carbons (Fsp3) is 0.375. The molecule has 2 heterocycles. The molecule has 0 bridgehead atoms. The first-order chi connectivity index (χ1) is 5.36. The Labute approximate surface area is 65.2 Å². The van der Waals surface area contributed by atoms with Crippen LogP contribution in [0, 0.1) is 0 Å². The Morgan fingerprint density at radius 2 is 2.55 bits per heavy atom. The normalized spacial score (nSPS) is 22.1. The second-order valence-corrected chi connectivity index (χ2v) is 2.72. The summed E-state index contributed by atoms with van der Waals surface area (Å²) in [6.45, 7) is 0.610. The second-order valence-electron chi connectivity index (χ2n) is 2.72. The molecular formula is C8H10N2O. The molecule has 0 amide bonds. The molecule has 0 aliphatic carbocycles. The van der Waals surface area contributed by atoms with Gasteiger partial charge in [-0.1, -0.05) is 0 Å². The minimum absolute atomic E-state index is 0.109. The molecular weight excluding hydrogens is 140 g/mol. The van der Waals surface area contributed by atoms with Crippen molar-refractivity contribution in [3.05, 3.63) is 24.0 Å². The summed E-state index contributed by atoms with van der Waals surface area (Å²) in [5.41, 5.74) is 6.66. The first-order valence-corrected chi connectivity index (χ1v) is 3.68. The van der Waals surface area contributed by atoms with E-state index >= 15 is 0 Å². The highest BCUT2D eigenvalue weighted by atomic mass is 16.5. The summed E-state index contributed by atoms with van der Waals surface area (Å²) in [4.78, 5) is 4.16. The average molecular weight is 150 g/mol. The number of nitrogens with zero attached hydrogens (tertiary/aromatic N) is 1. The van der Waals surface area contributed by atoms with Crippen LogP contribution in [0.2, 0.25) is 0 Å². The fourth-order valence-corrected chi connectivity index (χ4v) is 1.21. The second kappa shape index (κ2) is 2.51. The zero-order valence-electron chi connectivity index (χ0n) is 6.16. The first kappa shape index (κ1) is 6.61. The summed E-state index contributed by atoms with van der Waals surface area (Å²) < 4.78 is 5.35. The van der Waals surface area contributed by atoms with E-state index in [4.69, 9.17) is 10.5 Å². The van der Waals surface area contributed by atoms with Gasteiger partial charge in [0.15, 0.2) is 0 Å². The fourth-order valence-electron chi connectivity index (χ4n) is 1.21. The Kier molecular flexibility index (Phi) is 1.51. The number of ether oxygens (including phenoxy) is 1. The van der Waals surface area contributed by atoms with E-state index in [0.717, 1.165) is 17.9 Å². The summed E-state index contributed by atoms with van der Waals surface area (Å²) in [7, 11) is 0. The maximum atomic E-state index is 5.68. The van der Waals surface area contributed by atoms with Gasteiger partial charge in [-0.05, 0) is 12.1 Å². The third-order valence-corrected chi connectivity index (χ3v) is 1.76. The van der Waals surface area contributed by atoms with Crippen LogP contribution < -0.4 is 10.5 Å². The Morgan fingerprint density at radius 1 is 1.64 bits per heavy atom. The minimum Gasteiger partial charge on any atom is -0.490 e. The van der Waals surface area contributed by atoms with E-state index in [-0.39, 0.29) is 6.04 Å². The zero-order chi connectivity index (χ0) is 7.68. The van der Waals surface area contributed by atoms with E-state index < -0.39 is 0 Å². The number of rotatable bonds is 0. The van der Waals surface area contributed by atoms with Crippen molar-refractivity contribution >= 4 is 0 Å². The summed E-state index contributed by atoms with van der Waals surface area (Å²) in [5, 5.41) is 0. The Hall–Kier alpha value is -1.09. The molecule has 3 heteroatoms. The van der Waals surface area contributed by atoms with Crippen molar-refractivity contribution in [2.24, 2.45) is 5.73 Å². The predicted molar refractivity (Wildman–Crippen MR) is 41.4 cm³/mol. The number of hydrogen-bond donors (Lipinski definition) is 1. The molecule has 1 aromatic heterocycles. The lowest BCUT2D eigenvalue weighted by Crippen LogP contribution is -2.34. The molecule has 1 aliphatic rings. The molecule has 1 aromatic rings. The molecule has 0 saturated carbocycles. The van der Waals surface area contributed by atoms with Crippen LogP contribution >= 0.6 is 0 Å². The van der Waals surface area contributed by atoms with Crippen molar-refractivity contribution in [3.63, 3.8) is 0 Å². The van der Waals surface area contributed by atoms with Crippen LogP contribution in [0.3, 0.4) is 0 Å². The number of nitrogens with two attached hydrogens (primary N) is 1. The van der Waals surface area contributed by atoms with Gasteiger partial charge in [-0.3, -0.25) is 4.98 Å². The van der Waals surface area contributed by atoms with E-state index in [9.17, 15) is 0 Å². The van der Waals surface area contributed by atoms with Crippen molar-refractivity contribution in [2.45, 2.75) is 12.5 Å². The third-order valence-electron chi connectivity index (χ3n) is 1.76. The molecule has 1 unspecified atom stereocenters. The quantitative estimate of drug-likeness (QED) is 0.580. The molecule has 0 saturated heterocycles. The van der Waals surface area contributed by atoms with Gasteiger partial charge in [0.25, 0.3) is 0 Å². The maximum absolute atomic E-state index is 5.68. The van der Waals surface area contributed by atoms with E-state index in [1.165, 1.54) is 0 Å². The van der Waals surface area contributed by atoms with Crippen LogP contribution in [0.4, 0.5) is 0 Å². The van der Waals surface area contributed by atoms with Crippen LogP contribution in [-0.4, -0.2) is 17.6 Å². The number of hydrogen-bond acceptors (Lipinski definition) is 3. The molecule has 11 heavy (non-hydrogen) atoms. The van der Waals surface area contributed by atoms with E-state index in [0.29, 0.717) is 6.61 Å². The SMILES string of the molecule is NC1COc2cccnc2C1. The number of pyridine rings is 1. The highest BCUT2D eigenvalue weighted by Gasteiger charge is 2.16. The molecule has 2 N–H and O–H groups in total. The zero-order valence-corrected chi connectivity index (χ0v) is 6.16. The maximum Gasteiger partial charge on any atom is 0.140 e. The van der Waals surface area contributed by atoms with Crippen molar-refractivity contribution in [1.29, 1.82) is 0 Å². The number of fused-ring (bicyclic) bond motifs is 1. The smallest absolute Gasteiger partial charge is 0.140 e. The van der Waals surface area contributed by atoms with E-state index in [2.05, 4.69) is 4.98 Å². The Balaban J connectivity index is 2.34. The third kappa shape index (κ3) is 1.19. The van der Waals surface area contributed by atoms with Gasteiger partial charge in [0.1, 0.15) is 12.4 Å². The molecule has 0 aromatic carbocycles. The largest absolute Gasteiger partial charge is 0.490 e. The first-order valence-electron chi connectivity index (χ1n) is 3.68. The standard InChI is InChI=1S/C8H10N2O/c9-6-4-7-8(11-5-6)2-1-3-10-7/h1-3,6H,4-5,9H2. The van der Waals surface area contributed by atoms with Gasteiger partial charge in [-0.15, -0.1) is 0 Å². The summed E-state index contributed by atoms with van der Waals surface area (Å²) >= 11 is 0. The number of aromatic nitrogens is 1. The van der Waals surface area contributed by atoms with Gasteiger partial charge in [0, 0.05) is 18.7 Å². The predicted octanol–water partition coefficient (Wildman–Crippen LogP) is 0.344. The molecule has 0 spiro atoms. The molecule has 0 radical (unpaired) electrons. The highest BCUT2D eigenvalue weighted by molar-refractivity contribution is 5.29. The van der Waals surface area contributed by atoms with E-state index in [1.54, 1.807) is 6.20 Å². The van der Waals surface area contributed by atoms with Gasteiger partial charge in [0.2, 0.25) is 0 Å². The van der Waals surface area contributed by atoms with Gasteiger partial charge in [-0.2, -0.15) is 0 Å². The molecule has 1 aliphatic heterocycles. The van der Waals surface area contributed by atoms with Crippen LogP contribution in [0.1, 0.15) is 5.69 Å². The van der Waals surface area contributed by atoms with Crippen molar-refractivity contribution in [3.8, 4) is 5.75 Å². The van der Waals surface area contributed by atoms with Crippen LogP contribution in [0.5, 0.6) is 5.75 Å². The molecule has 1 atom stereocenters. The Bertz CT molecular complexity index is 262. The van der Waals surface area contributed by atoms with Crippen molar-refractivity contribution in [2.75, 3.05) is 6.61 Å². The highest BCUT2D eigenvalue weighted by Crippen LogP contribution is 2.20. The molecule has 58 valence electrons. The van der Waals surface area contributed by atoms with Gasteiger partial charge in [-0.25, -0.2) is 0 Å². The summed E-state index contributed by atoms with van der Waals surface area (Å²) in [6.07, 6.45) is 2.59. The summed E-state index contributed by atoms with van der Waals surface area (Å²) in [5.74, 6) is 0.884. The van der Waals surface area contributed by atoms with Crippen LogP contribution in [0.25, 0.3) is 0 Å². The average Bonchev–Trinajstić information content (AvgIpc) is 2.04. The van der Waals surface area contributed by atoms with Crippen molar-refractivity contribution < 1.29 is 4.74 Å². The molecule has 3 nitrogen and oxygen atoms in total. The minimum atomic E-state index is 0.109. The van der Waals surface area contributed by atoms with Gasteiger partial charge < -0.3 is 10.5 Å². The lowest BCUT2D eigenvalue weighted by atomic mass is 10.1. The van der Waals surface area contributed by atoms with Crippen molar-refractivity contribution in [1.82, 2.24) is 4.98 Å². The lowest BCUT2D eigenvalue weighted by molar-refractivity contribution is 0.260. The Morgan fingerprint density at radius 3 is 3.45 bits per heavy atom. The van der Waals surface area contributed by atoms with Gasteiger partial charge in [0.05, 0.1) is 5.69 Å². The lowest BCUT2D eigenvalue weighted by Gasteiger charge is -2.20. The molecule has 0 fully saturated rings. The van der Waals surface area contributed by atoms with Crippen LogP contribution in [-0.2, 0) is 6.42 Å². The summed E-state index contributed by atoms with van der Waals surface area (Å²) in [6, 6.07) is 3.90. The van der Waals surface area contributed by atoms with Crippen LogP contribution in [0.15, 0.2) is 18.3 Å². The van der Waals surface area contributed by atoms with E-state index in [1.807, 2.05) is 12.1 Å². The molecule has 2 rings (SSSR count). The van der Waals surface area contributed by atoms with Gasteiger partial charge >= 0.3 is 0 Å².